The van der Waals surface area contributed by atoms with Crippen LogP contribution in [0.4, 0.5) is 4.39 Å². The molecule has 41 heavy (non-hydrogen) atoms. The number of aromatic carboxylic acids is 1. The van der Waals surface area contributed by atoms with E-state index in [9.17, 15) is 23.9 Å². The van der Waals surface area contributed by atoms with Gasteiger partial charge in [0.1, 0.15) is 22.7 Å². The number of carboxylic acids is 1. The molecule has 1 atom stereocenters. The first-order chi connectivity index (χ1) is 19.5. The molecular weight excluding hydrogens is 529 g/mol. The lowest BCUT2D eigenvalue weighted by Crippen LogP contribution is -2.30. The van der Waals surface area contributed by atoms with Crippen molar-refractivity contribution < 1.29 is 28.6 Å². The van der Waals surface area contributed by atoms with Crippen molar-refractivity contribution in [1.82, 2.24) is 25.2 Å². The van der Waals surface area contributed by atoms with Crippen LogP contribution in [0.2, 0.25) is 0 Å². The summed E-state index contributed by atoms with van der Waals surface area (Å²) < 4.78 is 21.5. The minimum Gasteiger partial charge on any atom is -0.487 e. The van der Waals surface area contributed by atoms with Gasteiger partial charge in [-0.15, -0.1) is 0 Å². The predicted octanol–water partition coefficient (Wildman–Crippen LogP) is 3.94. The second-order valence-electron chi connectivity index (χ2n) is 11.1. The molecule has 0 saturated carbocycles. The number of nitrogens with one attached hydrogen (secondary N) is 2. The zero-order valence-corrected chi connectivity index (χ0v) is 22.7. The first-order valence-corrected chi connectivity index (χ1v) is 13.3. The molecule has 11 heteroatoms. The normalized spacial score (nSPS) is 16.6. The Bertz CT molecular complexity index is 1760. The maximum Gasteiger partial charge on any atom is 0.335 e. The third kappa shape index (κ3) is 4.77. The Morgan fingerprint density at radius 3 is 2.76 bits per heavy atom. The predicted molar refractivity (Wildman–Crippen MR) is 146 cm³/mol. The average molecular weight is 558 g/mol. The van der Waals surface area contributed by atoms with Crippen LogP contribution in [0.3, 0.4) is 0 Å². The molecule has 0 unspecified atom stereocenters. The number of carboxylic acid groups (broad SMARTS) is 1. The third-order valence-corrected chi connectivity index (χ3v) is 7.70. The summed E-state index contributed by atoms with van der Waals surface area (Å²) in [5.41, 5.74) is 3.86. The molecule has 1 aliphatic carbocycles. The molecule has 1 aliphatic heterocycles. The number of hydrogen-bond donors (Lipinski definition) is 3. The largest absolute Gasteiger partial charge is 0.487 e. The molecule has 0 fully saturated rings. The van der Waals surface area contributed by atoms with Crippen LogP contribution in [0.1, 0.15) is 85.5 Å². The number of hydrogen-bond acceptors (Lipinski definition) is 6. The molecule has 3 heterocycles. The smallest absolute Gasteiger partial charge is 0.335 e. The highest BCUT2D eigenvalue weighted by Crippen LogP contribution is 2.36. The molecule has 2 aliphatic rings. The van der Waals surface area contributed by atoms with Crippen LogP contribution in [0, 0.1) is 12.7 Å². The first-order valence-electron chi connectivity index (χ1n) is 13.3. The topological polar surface area (TPSA) is 135 Å². The van der Waals surface area contributed by atoms with Crippen molar-refractivity contribution in [3.8, 4) is 5.75 Å². The molecule has 4 aromatic rings. The molecule has 0 bridgehead atoms. The van der Waals surface area contributed by atoms with Crippen LogP contribution in [0.5, 0.6) is 5.75 Å². The van der Waals surface area contributed by atoms with E-state index >= 15 is 0 Å². The number of rotatable bonds is 6. The molecule has 0 spiro atoms. The van der Waals surface area contributed by atoms with Gasteiger partial charge < -0.3 is 20.5 Å². The minimum atomic E-state index is -1.00. The van der Waals surface area contributed by atoms with Gasteiger partial charge in [0, 0.05) is 19.0 Å². The van der Waals surface area contributed by atoms with E-state index in [-0.39, 0.29) is 40.8 Å². The van der Waals surface area contributed by atoms with Gasteiger partial charge in [-0.05, 0) is 73.6 Å². The Hall–Kier alpha value is -4.80. The molecule has 0 radical (unpaired) electrons. The van der Waals surface area contributed by atoms with E-state index in [1.807, 2.05) is 32.0 Å². The van der Waals surface area contributed by atoms with Gasteiger partial charge in [0.2, 0.25) is 0 Å². The van der Waals surface area contributed by atoms with Crippen molar-refractivity contribution in [2.75, 3.05) is 0 Å². The number of fused-ring (bicyclic) bond motifs is 3. The highest BCUT2D eigenvalue weighted by atomic mass is 19.1. The highest BCUT2D eigenvalue weighted by molar-refractivity contribution is 5.98. The molecule has 2 amide bonds. The van der Waals surface area contributed by atoms with E-state index in [1.165, 1.54) is 12.1 Å². The van der Waals surface area contributed by atoms with Crippen molar-refractivity contribution in [2.24, 2.45) is 0 Å². The Balaban J connectivity index is 1.23. The molecule has 10 nitrogen and oxygen atoms in total. The lowest BCUT2D eigenvalue weighted by Gasteiger charge is -2.16. The van der Waals surface area contributed by atoms with E-state index in [0.29, 0.717) is 18.4 Å². The summed E-state index contributed by atoms with van der Waals surface area (Å²) in [5, 5.41) is 19.1. The van der Waals surface area contributed by atoms with E-state index in [2.05, 4.69) is 20.7 Å². The van der Waals surface area contributed by atoms with Crippen LogP contribution >= 0.6 is 0 Å². The van der Waals surface area contributed by atoms with Crippen LogP contribution in [0.25, 0.3) is 5.65 Å². The van der Waals surface area contributed by atoms with Gasteiger partial charge >= 0.3 is 5.97 Å². The summed E-state index contributed by atoms with van der Waals surface area (Å²) in [6, 6.07) is 9.89. The third-order valence-electron chi connectivity index (χ3n) is 7.70. The number of benzene rings is 2. The standard InChI is InChI=1S/C30H28FN5O5/c1-15-18-7-8-22(20(18)6-5-19(15)29(39)40)35-28(38)24-11-23(34-26-21(31)14-33-36(24)26)27(37)32-13-16-4-9-25-17(10-16)12-30(2,3)41-25/h4-6,9-11,14,22H,7-8,12-13H2,1-3H3,(H,32,37)(H,35,38)(H,39,40)/t22-/m0/s1. The second-order valence-corrected chi connectivity index (χ2v) is 11.1. The van der Waals surface area contributed by atoms with Gasteiger partial charge in [0.05, 0.1) is 17.8 Å². The molecule has 210 valence electrons. The molecule has 6 rings (SSSR count). The van der Waals surface area contributed by atoms with E-state index in [0.717, 1.165) is 45.1 Å². The lowest BCUT2D eigenvalue weighted by atomic mass is 9.98. The number of halogens is 1. The van der Waals surface area contributed by atoms with Gasteiger partial charge in [0.25, 0.3) is 11.8 Å². The van der Waals surface area contributed by atoms with Crippen LogP contribution in [-0.4, -0.2) is 43.1 Å². The van der Waals surface area contributed by atoms with E-state index < -0.39 is 23.6 Å². The Morgan fingerprint density at radius 2 is 1.98 bits per heavy atom. The maximum absolute atomic E-state index is 14.6. The van der Waals surface area contributed by atoms with Crippen LogP contribution < -0.4 is 15.4 Å². The second kappa shape index (κ2) is 9.69. The first kappa shape index (κ1) is 26.4. The zero-order valence-electron chi connectivity index (χ0n) is 22.7. The SMILES string of the molecule is Cc1c(C(=O)O)ccc2c1CC[C@@H]2NC(=O)c1cc(C(=O)NCc2ccc3c(c2)CC(C)(C)O3)nc2c(F)cnn12. The van der Waals surface area contributed by atoms with Crippen molar-refractivity contribution in [2.45, 2.75) is 58.2 Å². The zero-order chi connectivity index (χ0) is 29.1. The highest BCUT2D eigenvalue weighted by Gasteiger charge is 2.31. The van der Waals surface area contributed by atoms with Crippen LogP contribution in [0.15, 0.2) is 42.6 Å². The van der Waals surface area contributed by atoms with Gasteiger partial charge in [-0.1, -0.05) is 18.2 Å². The Labute approximate surface area is 234 Å². The van der Waals surface area contributed by atoms with Gasteiger partial charge in [0.15, 0.2) is 11.5 Å². The fraction of sp³-hybridized carbons (Fsp3) is 0.300. The number of ether oxygens (including phenoxy) is 1. The van der Waals surface area contributed by atoms with Crippen molar-refractivity contribution in [3.05, 3.63) is 93.2 Å². The van der Waals surface area contributed by atoms with Gasteiger partial charge in [-0.25, -0.2) is 18.7 Å². The average Bonchev–Trinajstić information content (AvgIpc) is 3.60. The number of nitrogens with zero attached hydrogens (tertiary/aromatic N) is 3. The molecule has 0 saturated heterocycles. The quantitative estimate of drug-likeness (QED) is 0.327. The number of amides is 2. The van der Waals surface area contributed by atoms with Crippen molar-refractivity contribution >= 4 is 23.4 Å². The van der Waals surface area contributed by atoms with Crippen molar-refractivity contribution in [3.63, 3.8) is 0 Å². The van der Waals surface area contributed by atoms with E-state index in [1.54, 1.807) is 13.0 Å². The number of carbonyl (C=O) groups is 3. The minimum absolute atomic E-state index is 0.0479. The Morgan fingerprint density at radius 1 is 1.17 bits per heavy atom. The fourth-order valence-corrected chi connectivity index (χ4v) is 5.75. The van der Waals surface area contributed by atoms with Gasteiger partial charge in [-0.3, -0.25) is 9.59 Å². The summed E-state index contributed by atoms with van der Waals surface area (Å²) in [5.74, 6) is -2.07. The molecule has 2 aromatic carbocycles. The summed E-state index contributed by atoms with van der Waals surface area (Å²) in [4.78, 5) is 42.2. The molecule has 2 aromatic heterocycles. The fourth-order valence-electron chi connectivity index (χ4n) is 5.75. The van der Waals surface area contributed by atoms with Gasteiger partial charge in [-0.2, -0.15) is 5.10 Å². The van der Waals surface area contributed by atoms with E-state index in [4.69, 9.17) is 4.74 Å². The summed E-state index contributed by atoms with van der Waals surface area (Å²) in [6.45, 7) is 6.00. The Kier molecular flexibility index (Phi) is 6.24. The number of aromatic nitrogens is 3. The summed E-state index contributed by atoms with van der Waals surface area (Å²) in [6.07, 6.45) is 2.88. The summed E-state index contributed by atoms with van der Waals surface area (Å²) in [7, 11) is 0. The molecule has 3 N–H and O–H groups in total. The van der Waals surface area contributed by atoms with Crippen molar-refractivity contribution in [1.29, 1.82) is 0 Å². The van der Waals surface area contributed by atoms with Crippen LogP contribution in [-0.2, 0) is 19.4 Å². The monoisotopic (exact) mass is 557 g/mol. The molecular formula is C30H28FN5O5. The summed E-state index contributed by atoms with van der Waals surface area (Å²) >= 11 is 0. The number of carbonyl (C=O) groups excluding carboxylic acids is 2. The lowest BCUT2D eigenvalue weighted by molar-refractivity contribution is 0.0695. The maximum atomic E-state index is 14.6.